The zero-order valence-corrected chi connectivity index (χ0v) is 15.5. The molecule has 1 amide bonds. The zero-order valence-electron chi connectivity index (χ0n) is 15.5. The molecule has 0 aliphatic rings. The van der Waals surface area contributed by atoms with E-state index in [1.54, 1.807) is 23.0 Å². The standard InChI is InChI=1S/C20H20F2N4O2/c1-13(2)18-16(12-25-26(18)17-5-3-4-10-23-17)19(27)24-11-14-6-8-15(9-7-14)28-20(21)22/h3-10,12-13,20H,11H2,1-2H3,(H,24,27). The quantitative estimate of drug-likeness (QED) is 0.668. The summed E-state index contributed by atoms with van der Waals surface area (Å²) in [5.74, 6) is 0.499. The highest BCUT2D eigenvalue weighted by atomic mass is 19.3. The molecule has 0 fully saturated rings. The Morgan fingerprint density at radius 3 is 2.54 bits per heavy atom. The third-order valence-corrected chi connectivity index (χ3v) is 4.07. The second-order valence-electron chi connectivity index (χ2n) is 6.40. The molecule has 0 saturated heterocycles. The number of amides is 1. The molecule has 3 rings (SSSR count). The van der Waals surface area contributed by atoms with Crippen LogP contribution in [0, 0.1) is 0 Å². The summed E-state index contributed by atoms with van der Waals surface area (Å²) in [5.41, 5.74) is 1.99. The Hall–Kier alpha value is -3.29. The van der Waals surface area contributed by atoms with E-state index in [4.69, 9.17) is 0 Å². The minimum atomic E-state index is -2.87. The van der Waals surface area contributed by atoms with Crippen LogP contribution in [0.4, 0.5) is 8.78 Å². The molecular formula is C20H20F2N4O2. The molecule has 0 atom stereocenters. The second kappa shape index (κ2) is 8.60. The van der Waals surface area contributed by atoms with E-state index in [1.165, 1.54) is 18.3 Å². The summed E-state index contributed by atoms with van der Waals surface area (Å²) in [4.78, 5) is 17.0. The van der Waals surface area contributed by atoms with E-state index in [9.17, 15) is 13.6 Å². The van der Waals surface area contributed by atoms with Gasteiger partial charge in [0.05, 0.1) is 17.5 Å². The molecule has 3 aromatic rings. The SMILES string of the molecule is CC(C)c1c(C(=O)NCc2ccc(OC(F)F)cc2)cnn1-c1ccccn1. The monoisotopic (exact) mass is 386 g/mol. The maximum absolute atomic E-state index is 12.7. The van der Waals surface area contributed by atoms with Crippen molar-refractivity contribution < 1.29 is 18.3 Å². The minimum absolute atomic E-state index is 0.0519. The lowest BCUT2D eigenvalue weighted by Gasteiger charge is -2.12. The maximum atomic E-state index is 12.7. The van der Waals surface area contributed by atoms with Crippen molar-refractivity contribution in [2.75, 3.05) is 0 Å². The van der Waals surface area contributed by atoms with Crippen LogP contribution in [0.3, 0.4) is 0 Å². The van der Waals surface area contributed by atoms with E-state index >= 15 is 0 Å². The first-order chi connectivity index (χ1) is 13.5. The molecule has 0 aliphatic heterocycles. The summed E-state index contributed by atoms with van der Waals surface area (Å²) >= 11 is 0. The average Bonchev–Trinajstić information content (AvgIpc) is 3.13. The molecule has 0 aliphatic carbocycles. The number of rotatable bonds is 7. The van der Waals surface area contributed by atoms with Gasteiger partial charge in [-0.05, 0) is 35.7 Å². The summed E-state index contributed by atoms with van der Waals surface area (Å²) in [6.07, 6.45) is 3.20. The minimum Gasteiger partial charge on any atom is -0.435 e. The maximum Gasteiger partial charge on any atom is 0.387 e. The van der Waals surface area contributed by atoms with Gasteiger partial charge in [0.25, 0.3) is 5.91 Å². The largest absolute Gasteiger partial charge is 0.435 e. The van der Waals surface area contributed by atoms with Gasteiger partial charge in [-0.15, -0.1) is 0 Å². The Balaban J connectivity index is 1.73. The summed E-state index contributed by atoms with van der Waals surface area (Å²) < 4.78 is 30.4. The van der Waals surface area contributed by atoms with E-state index < -0.39 is 6.61 Å². The van der Waals surface area contributed by atoms with Gasteiger partial charge < -0.3 is 10.1 Å². The number of pyridine rings is 1. The van der Waals surface area contributed by atoms with Crippen molar-refractivity contribution in [1.82, 2.24) is 20.1 Å². The summed E-state index contributed by atoms with van der Waals surface area (Å²) in [7, 11) is 0. The third kappa shape index (κ3) is 4.51. The van der Waals surface area contributed by atoms with Crippen molar-refractivity contribution in [3.05, 3.63) is 71.7 Å². The normalized spacial score (nSPS) is 11.1. The van der Waals surface area contributed by atoms with Gasteiger partial charge in [-0.25, -0.2) is 9.67 Å². The molecule has 0 bridgehead atoms. The number of hydrogen-bond acceptors (Lipinski definition) is 4. The van der Waals surface area contributed by atoms with E-state index in [-0.39, 0.29) is 24.1 Å². The fraction of sp³-hybridized carbons (Fsp3) is 0.250. The first kappa shape index (κ1) is 19.5. The van der Waals surface area contributed by atoms with Crippen molar-refractivity contribution >= 4 is 5.91 Å². The predicted octanol–water partition coefficient (Wildman–Crippen LogP) is 3.92. The highest BCUT2D eigenvalue weighted by Crippen LogP contribution is 2.22. The van der Waals surface area contributed by atoms with Crippen LogP contribution in [0.2, 0.25) is 0 Å². The van der Waals surface area contributed by atoms with Gasteiger partial charge in [-0.1, -0.05) is 32.0 Å². The molecule has 0 unspecified atom stereocenters. The number of ether oxygens (including phenoxy) is 1. The van der Waals surface area contributed by atoms with Crippen LogP contribution < -0.4 is 10.1 Å². The molecule has 0 spiro atoms. The number of carbonyl (C=O) groups excluding carboxylic acids is 1. The zero-order chi connectivity index (χ0) is 20.1. The van der Waals surface area contributed by atoms with Crippen molar-refractivity contribution in [1.29, 1.82) is 0 Å². The van der Waals surface area contributed by atoms with Crippen molar-refractivity contribution in [3.8, 4) is 11.6 Å². The number of nitrogens with one attached hydrogen (secondary N) is 1. The first-order valence-electron chi connectivity index (χ1n) is 8.77. The molecule has 8 heteroatoms. The van der Waals surface area contributed by atoms with Crippen LogP contribution in [0.25, 0.3) is 5.82 Å². The van der Waals surface area contributed by atoms with E-state index in [2.05, 4.69) is 20.1 Å². The van der Waals surface area contributed by atoms with Gasteiger partial charge in [0.15, 0.2) is 5.82 Å². The van der Waals surface area contributed by atoms with Crippen LogP contribution >= 0.6 is 0 Å². The number of halogens is 2. The number of hydrogen-bond donors (Lipinski definition) is 1. The van der Waals surface area contributed by atoms with Gasteiger partial charge in [0.1, 0.15) is 5.75 Å². The number of carbonyl (C=O) groups is 1. The summed E-state index contributed by atoms with van der Waals surface area (Å²) in [6.45, 7) is 1.35. The van der Waals surface area contributed by atoms with Crippen LogP contribution in [-0.4, -0.2) is 27.3 Å². The lowest BCUT2D eigenvalue weighted by Crippen LogP contribution is -2.24. The fourth-order valence-electron chi connectivity index (χ4n) is 2.82. The van der Waals surface area contributed by atoms with Crippen molar-refractivity contribution in [2.24, 2.45) is 0 Å². The van der Waals surface area contributed by atoms with Gasteiger partial charge in [0, 0.05) is 12.7 Å². The fourth-order valence-corrected chi connectivity index (χ4v) is 2.82. The Labute approximate surface area is 161 Å². The third-order valence-electron chi connectivity index (χ3n) is 4.07. The van der Waals surface area contributed by atoms with Gasteiger partial charge in [0.2, 0.25) is 0 Å². The Morgan fingerprint density at radius 2 is 1.93 bits per heavy atom. The van der Waals surface area contributed by atoms with Crippen molar-refractivity contribution in [3.63, 3.8) is 0 Å². The van der Waals surface area contributed by atoms with E-state index in [1.807, 2.05) is 32.0 Å². The summed E-state index contributed by atoms with van der Waals surface area (Å²) in [6, 6.07) is 11.6. The highest BCUT2D eigenvalue weighted by molar-refractivity contribution is 5.95. The molecule has 146 valence electrons. The molecule has 2 aromatic heterocycles. The van der Waals surface area contributed by atoms with Crippen LogP contribution in [0.5, 0.6) is 5.75 Å². The number of alkyl halides is 2. The molecule has 28 heavy (non-hydrogen) atoms. The van der Waals surface area contributed by atoms with Crippen LogP contribution in [-0.2, 0) is 6.54 Å². The summed E-state index contributed by atoms with van der Waals surface area (Å²) in [5, 5.41) is 7.16. The van der Waals surface area contributed by atoms with Gasteiger partial charge in [-0.2, -0.15) is 13.9 Å². The molecule has 0 radical (unpaired) electrons. The van der Waals surface area contributed by atoms with Crippen LogP contribution in [0.1, 0.15) is 41.4 Å². The number of nitrogens with zero attached hydrogens (tertiary/aromatic N) is 3. The van der Waals surface area contributed by atoms with Gasteiger partial charge in [-0.3, -0.25) is 4.79 Å². The number of benzene rings is 1. The molecular weight excluding hydrogens is 366 g/mol. The smallest absolute Gasteiger partial charge is 0.387 e. The molecule has 1 aromatic carbocycles. The lowest BCUT2D eigenvalue weighted by molar-refractivity contribution is -0.0498. The topological polar surface area (TPSA) is 69.0 Å². The highest BCUT2D eigenvalue weighted by Gasteiger charge is 2.21. The lowest BCUT2D eigenvalue weighted by atomic mass is 10.1. The first-order valence-corrected chi connectivity index (χ1v) is 8.77. The Bertz CT molecular complexity index is 925. The Kier molecular flexibility index (Phi) is 5.98. The predicted molar refractivity (Wildman–Crippen MR) is 99.7 cm³/mol. The average molecular weight is 386 g/mol. The molecule has 0 saturated carbocycles. The number of aromatic nitrogens is 3. The molecule has 2 heterocycles. The second-order valence-corrected chi connectivity index (χ2v) is 6.40. The van der Waals surface area contributed by atoms with E-state index in [0.29, 0.717) is 11.4 Å². The van der Waals surface area contributed by atoms with Crippen LogP contribution in [0.15, 0.2) is 54.9 Å². The van der Waals surface area contributed by atoms with Gasteiger partial charge >= 0.3 is 6.61 Å². The molecule has 1 N–H and O–H groups in total. The Morgan fingerprint density at radius 1 is 1.18 bits per heavy atom. The molecule has 6 nitrogen and oxygen atoms in total. The van der Waals surface area contributed by atoms with E-state index in [0.717, 1.165) is 11.3 Å². The van der Waals surface area contributed by atoms with Crippen molar-refractivity contribution in [2.45, 2.75) is 32.9 Å².